The van der Waals surface area contributed by atoms with E-state index in [1.807, 2.05) is 25.1 Å². The average Bonchev–Trinajstić information content (AvgIpc) is 3.57. The van der Waals surface area contributed by atoms with Gasteiger partial charge in [-0.05, 0) is 103 Å². The first-order valence-electron chi connectivity index (χ1n) is 13.4. The number of thiophene rings is 1. The first-order valence-corrected chi connectivity index (χ1v) is 14.7. The quantitative estimate of drug-likeness (QED) is 0.311. The van der Waals surface area contributed by atoms with E-state index in [4.69, 9.17) is 11.6 Å². The maximum Gasteiger partial charge on any atom is 0.253 e. The van der Waals surface area contributed by atoms with Crippen molar-refractivity contribution >= 4 is 28.8 Å². The van der Waals surface area contributed by atoms with Crippen LogP contribution in [0.3, 0.4) is 0 Å². The monoisotopic (exact) mass is 520 g/mol. The molecular weight excluding hydrogens is 484 g/mol. The Labute approximate surface area is 225 Å². The molecule has 2 aliphatic heterocycles. The number of hydrogen-bond acceptors (Lipinski definition) is 3. The smallest absolute Gasteiger partial charge is 0.253 e. The minimum absolute atomic E-state index is 0.108. The van der Waals surface area contributed by atoms with E-state index in [1.54, 1.807) is 11.3 Å². The second kappa shape index (κ2) is 11.9. The Morgan fingerprint density at radius 2 is 1.86 bits per heavy atom. The maximum atomic E-state index is 13.4. The molecule has 1 aromatic heterocycles. The molecule has 2 saturated heterocycles. The number of nitrogens with zero attached hydrogens (tertiary/aromatic N) is 2. The normalized spacial score (nSPS) is 21.2. The van der Waals surface area contributed by atoms with Gasteiger partial charge in [0.1, 0.15) is 0 Å². The number of hydrogen-bond donors (Lipinski definition) is 0. The zero-order valence-corrected chi connectivity index (χ0v) is 22.8. The molecule has 2 fully saturated rings. The Balaban J connectivity index is 1.16. The third-order valence-corrected chi connectivity index (χ3v) is 9.35. The maximum absolute atomic E-state index is 13.4. The van der Waals surface area contributed by atoms with E-state index in [0.29, 0.717) is 22.4 Å². The van der Waals surface area contributed by atoms with E-state index < -0.39 is 0 Å². The van der Waals surface area contributed by atoms with Crippen molar-refractivity contribution in [2.75, 3.05) is 32.7 Å². The van der Waals surface area contributed by atoms with Gasteiger partial charge < -0.3 is 9.80 Å². The molecule has 2 atom stereocenters. The van der Waals surface area contributed by atoms with Crippen LogP contribution < -0.4 is 0 Å². The van der Waals surface area contributed by atoms with Gasteiger partial charge in [0.05, 0.1) is 0 Å². The molecule has 0 spiro atoms. The van der Waals surface area contributed by atoms with E-state index in [9.17, 15) is 4.79 Å². The lowest BCUT2D eigenvalue weighted by Gasteiger charge is -2.34. The highest BCUT2D eigenvalue weighted by atomic mass is 35.5. The van der Waals surface area contributed by atoms with Crippen LogP contribution >= 0.6 is 22.9 Å². The van der Waals surface area contributed by atoms with Crippen molar-refractivity contribution in [1.82, 2.24) is 9.80 Å². The molecule has 2 aromatic carbocycles. The number of benzene rings is 2. The predicted octanol–water partition coefficient (Wildman–Crippen LogP) is 7.30. The zero-order chi connectivity index (χ0) is 24.9. The molecule has 5 heteroatoms. The van der Waals surface area contributed by atoms with Gasteiger partial charge in [-0.2, -0.15) is 11.3 Å². The van der Waals surface area contributed by atoms with Crippen molar-refractivity contribution in [2.24, 2.45) is 11.8 Å². The van der Waals surface area contributed by atoms with Crippen LogP contribution in [0.1, 0.15) is 58.6 Å². The van der Waals surface area contributed by atoms with Crippen molar-refractivity contribution in [1.29, 1.82) is 0 Å². The van der Waals surface area contributed by atoms with E-state index in [2.05, 4.69) is 57.0 Å². The highest BCUT2D eigenvalue weighted by molar-refractivity contribution is 7.08. The van der Waals surface area contributed by atoms with Crippen LogP contribution in [-0.4, -0.2) is 48.4 Å². The fourth-order valence-corrected chi connectivity index (χ4v) is 6.93. The molecule has 0 N–H and O–H groups in total. The van der Waals surface area contributed by atoms with Crippen LogP contribution in [0.2, 0.25) is 5.02 Å². The molecule has 3 aromatic rings. The molecule has 1 amide bonds. The van der Waals surface area contributed by atoms with Gasteiger partial charge in [-0.3, -0.25) is 4.79 Å². The molecule has 0 saturated carbocycles. The number of halogens is 1. The molecule has 5 rings (SSSR count). The summed E-state index contributed by atoms with van der Waals surface area (Å²) < 4.78 is 0. The minimum atomic E-state index is 0.108. The molecule has 0 aliphatic carbocycles. The standard InChI is InChI=1S/C31H37ClN2OS/c1-23-10-11-26(18-30(23)32)31(35)34-20-28(29(21-34)27-14-17-36-22-27)19-33-15-12-25(13-16-33)9-5-8-24-6-3-2-4-7-24/h2-4,6-7,10-11,14,17-18,22,25,28-29H,5,8-9,12-13,15-16,19-21H2,1H3/t28?,29-/m0/s1. The summed E-state index contributed by atoms with van der Waals surface area (Å²) in [5, 5.41) is 5.10. The third kappa shape index (κ3) is 6.22. The first kappa shape index (κ1) is 25.5. The van der Waals surface area contributed by atoms with Crippen LogP contribution in [0, 0.1) is 18.8 Å². The van der Waals surface area contributed by atoms with Crippen molar-refractivity contribution < 1.29 is 4.79 Å². The van der Waals surface area contributed by atoms with Crippen LogP contribution in [-0.2, 0) is 6.42 Å². The number of amides is 1. The average molecular weight is 521 g/mol. The summed E-state index contributed by atoms with van der Waals surface area (Å²) in [6, 6.07) is 18.8. The largest absolute Gasteiger partial charge is 0.338 e. The molecule has 190 valence electrons. The molecule has 1 unspecified atom stereocenters. The number of aryl methyl sites for hydroxylation is 2. The number of piperidine rings is 1. The van der Waals surface area contributed by atoms with Crippen molar-refractivity contribution in [3.05, 3.63) is 92.6 Å². The van der Waals surface area contributed by atoms with E-state index in [0.717, 1.165) is 31.1 Å². The van der Waals surface area contributed by atoms with E-state index in [1.165, 1.54) is 56.3 Å². The SMILES string of the molecule is Cc1ccc(C(=O)N2CC(CN3CCC(CCCc4ccccc4)CC3)[C@H](c3ccsc3)C2)cc1Cl. The summed E-state index contributed by atoms with van der Waals surface area (Å²) in [7, 11) is 0. The second-order valence-corrected chi connectivity index (χ2v) is 11.9. The zero-order valence-electron chi connectivity index (χ0n) is 21.2. The topological polar surface area (TPSA) is 23.6 Å². The van der Waals surface area contributed by atoms with Gasteiger partial charge in [0.25, 0.3) is 5.91 Å². The lowest BCUT2D eigenvalue weighted by Crippen LogP contribution is -2.39. The summed E-state index contributed by atoms with van der Waals surface area (Å²) in [4.78, 5) is 18.1. The molecular formula is C31H37ClN2OS. The third-order valence-electron chi connectivity index (χ3n) is 8.24. The Hall–Kier alpha value is -2.14. The van der Waals surface area contributed by atoms with Crippen LogP contribution in [0.15, 0.2) is 65.4 Å². The molecule has 3 heterocycles. The van der Waals surface area contributed by atoms with E-state index in [-0.39, 0.29) is 5.91 Å². The molecule has 3 nitrogen and oxygen atoms in total. The summed E-state index contributed by atoms with van der Waals surface area (Å²) in [5.41, 5.74) is 4.56. The van der Waals surface area contributed by atoms with Gasteiger partial charge in [0.15, 0.2) is 0 Å². The van der Waals surface area contributed by atoms with Gasteiger partial charge in [-0.15, -0.1) is 0 Å². The van der Waals surface area contributed by atoms with Gasteiger partial charge in [-0.1, -0.05) is 54.4 Å². The number of rotatable bonds is 8. The second-order valence-electron chi connectivity index (χ2n) is 10.7. The lowest BCUT2D eigenvalue weighted by atomic mass is 9.87. The van der Waals surface area contributed by atoms with Gasteiger partial charge in [0, 0.05) is 36.1 Å². The Kier molecular flexibility index (Phi) is 8.46. The minimum Gasteiger partial charge on any atom is -0.338 e. The molecule has 0 radical (unpaired) electrons. The number of likely N-dealkylation sites (tertiary alicyclic amines) is 2. The van der Waals surface area contributed by atoms with Gasteiger partial charge >= 0.3 is 0 Å². The fourth-order valence-electron chi connectivity index (χ4n) is 6.02. The first-order chi connectivity index (χ1) is 17.6. The van der Waals surface area contributed by atoms with Crippen LogP contribution in [0.5, 0.6) is 0 Å². The Bertz CT molecular complexity index is 1120. The van der Waals surface area contributed by atoms with Gasteiger partial charge in [-0.25, -0.2) is 0 Å². The van der Waals surface area contributed by atoms with Crippen molar-refractivity contribution in [3.63, 3.8) is 0 Å². The summed E-state index contributed by atoms with van der Waals surface area (Å²) in [5.74, 6) is 1.84. The van der Waals surface area contributed by atoms with Crippen molar-refractivity contribution in [3.8, 4) is 0 Å². The fraction of sp³-hybridized carbons (Fsp3) is 0.452. The predicted molar refractivity (Wildman–Crippen MR) is 151 cm³/mol. The summed E-state index contributed by atoms with van der Waals surface area (Å²) in [6.07, 6.45) is 6.43. The summed E-state index contributed by atoms with van der Waals surface area (Å²) in [6.45, 7) is 7.04. The summed E-state index contributed by atoms with van der Waals surface area (Å²) >= 11 is 8.09. The van der Waals surface area contributed by atoms with Crippen LogP contribution in [0.25, 0.3) is 0 Å². The van der Waals surface area contributed by atoms with E-state index >= 15 is 0 Å². The van der Waals surface area contributed by atoms with Gasteiger partial charge in [0.2, 0.25) is 0 Å². The molecule has 0 bridgehead atoms. The molecule has 36 heavy (non-hydrogen) atoms. The van der Waals surface area contributed by atoms with Crippen molar-refractivity contribution in [2.45, 2.75) is 44.9 Å². The number of carbonyl (C=O) groups excluding carboxylic acids is 1. The highest BCUT2D eigenvalue weighted by Crippen LogP contribution is 2.36. The Morgan fingerprint density at radius 1 is 1.06 bits per heavy atom. The molecule has 2 aliphatic rings. The Morgan fingerprint density at radius 3 is 2.58 bits per heavy atom. The number of carbonyl (C=O) groups is 1. The van der Waals surface area contributed by atoms with Crippen LogP contribution in [0.4, 0.5) is 0 Å². The highest BCUT2D eigenvalue weighted by Gasteiger charge is 2.38. The lowest BCUT2D eigenvalue weighted by molar-refractivity contribution is 0.0780.